The maximum Gasteiger partial charge on any atom is 0.226 e. The second-order valence-corrected chi connectivity index (χ2v) is 4.44. The Labute approximate surface area is 103 Å². The van der Waals surface area contributed by atoms with Crippen LogP contribution in [-0.4, -0.2) is 12.0 Å². The molecule has 3 nitrogen and oxygen atoms in total. The van der Waals surface area contributed by atoms with Crippen LogP contribution < -0.4 is 5.32 Å². The molecular weight excluding hydrogens is 268 g/mol. The Balaban J connectivity index is 2.39. The third kappa shape index (κ3) is 2.18. The van der Waals surface area contributed by atoms with Gasteiger partial charge in [-0.05, 0) is 31.7 Å². The molecule has 84 valence electrons. The average Bonchev–Trinajstić information content (AvgIpc) is 2.71. The standard InChI is InChI=1S/C12H13BrN2O/c1-8-10(4-3-5-11(8)13)12-15-9(6-14-2)7-16-12/h3-5,7,14H,6H2,1-2H3. The molecule has 0 radical (unpaired) electrons. The van der Waals surface area contributed by atoms with Crippen LogP contribution in [0, 0.1) is 6.92 Å². The van der Waals surface area contributed by atoms with E-state index in [1.165, 1.54) is 0 Å². The summed E-state index contributed by atoms with van der Waals surface area (Å²) in [4.78, 5) is 4.42. The van der Waals surface area contributed by atoms with Crippen molar-refractivity contribution in [2.75, 3.05) is 7.05 Å². The van der Waals surface area contributed by atoms with Crippen molar-refractivity contribution in [1.82, 2.24) is 10.3 Å². The molecule has 4 heteroatoms. The normalized spacial score (nSPS) is 10.7. The van der Waals surface area contributed by atoms with Gasteiger partial charge in [-0.25, -0.2) is 4.98 Å². The van der Waals surface area contributed by atoms with Crippen molar-refractivity contribution >= 4 is 15.9 Å². The summed E-state index contributed by atoms with van der Waals surface area (Å²) in [6.07, 6.45) is 1.69. The lowest BCUT2D eigenvalue weighted by Gasteiger charge is -2.02. The van der Waals surface area contributed by atoms with Crippen LogP contribution >= 0.6 is 15.9 Å². The minimum Gasteiger partial charge on any atom is -0.444 e. The van der Waals surface area contributed by atoms with Crippen molar-refractivity contribution in [3.63, 3.8) is 0 Å². The minimum absolute atomic E-state index is 0.670. The molecule has 0 amide bonds. The highest BCUT2D eigenvalue weighted by molar-refractivity contribution is 9.10. The first kappa shape index (κ1) is 11.4. The SMILES string of the molecule is CNCc1coc(-c2cccc(Br)c2C)n1. The van der Waals surface area contributed by atoms with Gasteiger partial charge in [-0.2, -0.15) is 0 Å². The molecule has 0 aliphatic rings. The van der Waals surface area contributed by atoms with E-state index in [2.05, 4.69) is 26.2 Å². The van der Waals surface area contributed by atoms with E-state index in [9.17, 15) is 0 Å². The second kappa shape index (κ2) is 4.80. The van der Waals surface area contributed by atoms with E-state index in [1.54, 1.807) is 6.26 Å². The van der Waals surface area contributed by atoms with Crippen LogP contribution in [0.25, 0.3) is 11.5 Å². The van der Waals surface area contributed by atoms with E-state index in [4.69, 9.17) is 4.42 Å². The fourth-order valence-electron chi connectivity index (χ4n) is 1.53. The number of aromatic nitrogens is 1. The van der Waals surface area contributed by atoms with Gasteiger partial charge in [0.05, 0.1) is 5.69 Å². The van der Waals surface area contributed by atoms with Gasteiger partial charge in [0.15, 0.2) is 0 Å². The summed E-state index contributed by atoms with van der Waals surface area (Å²) in [6, 6.07) is 6.00. The van der Waals surface area contributed by atoms with Crippen LogP contribution in [0.4, 0.5) is 0 Å². The number of oxazole rings is 1. The van der Waals surface area contributed by atoms with E-state index in [0.29, 0.717) is 5.89 Å². The fourth-order valence-corrected chi connectivity index (χ4v) is 1.90. The van der Waals surface area contributed by atoms with Crippen LogP contribution in [0.1, 0.15) is 11.3 Å². The lowest BCUT2D eigenvalue weighted by molar-refractivity contribution is 0.571. The first-order valence-corrected chi connectivity index (χ1v) is 5.86. The molecule has 1 aromatic heterocycles. The van der Waals surface area contributed by atoms with Crippen molar-refractivity contribution < 1.29 is 4.42 Å². The summed E-state index contributed by atoms with van der Waals surface area (Å²) in [5.74, 6) is 0.670. The number of hydrogen-bond acceptors (Lipinski definition) is 3. The first-order valence-electron chi connectivity index (χ1n) is 5.07. The molecule has 0 aliphatic carbocycles. The molecule has 0 saturated carbocycles. The van der Waals surface area contributed by atoms with E-state index in [1.807, 2.05) is 32.2 Å². The molecule has 0 saturated heterocycles. The Kier molecular flexibility index (Phi) is 3.41. The molecule has 0 atom stereocenters. The van der Waals surface area contributed by atoms with Crippen molar-refractivity contribution in [3.8, 4) is 11.5 Å². The molecule has 2 rings (SSSR count). The molecule has 0 unspecified atom stereocenters. The summed E-state index contributed by atoms with van der Waals surface area (Å²) in [5, 5.41) is 3.04. The molecule has 1 N–H and O–H groups in total. The predicted octanol–water partition coefficient (Wildman–Crippen LogP) is 3.13. The number of nitrogens with zero attached hydrogens (tertiary/aromatic N) is 1. The highest BCUT2D eigenvalue weighted by Crippen LogP contribution is 2.27. The maximum absolute atomic E-state index is 5.47. The van der Waals surface area contributed by atoms with Crippen LogP contribution in [0.5, 0.6) is 0 Å². The Hall–Kier alpha value is -1.13. The van der Waals surface area contributed by atoms with Crippen LogP contribution in [0.2, 0.25) is 0 Å². The molecule has 1 heterocycles. The quantitative estimate of drug-likeness (QED) is 0.939. The number of benzene rings is 1. The van der Waals surface area contributed by atoms with Gasteiger partial charge in [-0.1, -0.05) is 22.0 Å². The third-order valence-corrected chi connectivity index (χ3v) is 3.27. The van der Waals surface area contributed by atoms with E-state index < -0.39 is 0 Å². The Morgan fingerprint density at radius 1 is 1.44 bits per heavy atom. The lowest BCUT2D eigenvalue weighted by atomic mass is 10.1. The molecule has 0 spiro atoms. The monoisotopic (exact) mass is 280 g/mol. The van der Waals surface area contributed by atoms with Crippen LogP contribution in [0.15, 0.2) is 33.4 Å². The zero-order valence-electron chi connectivity index (χ0n) is 9.25. The minimum atomic E-state index is 0.670. The van der Waals surface area contributed by atoms with Crippen molar-refractivity contribution in [2.45, 2.75) is 13.5 Å². The molecular formula is C12H13BrN2O. The smallest absolute Gasteiger partial charge is 0.226 e. The van der Waals surface area contributed by atoms with Gasteiger partial charge in [0.25, 0.3) is 0 Å². The molecule has 2 aromatic rings. The largest absolute Gasteiger partial charge is 0.444 e. The maximum atomic E-state index is 5.47. The van der Waals surface area contributed by atoms with Gasteiger partial charge in [-0.3, -0.25) is 0 Å². The highest BCUT2D eigenvalue weighted by Gasteiger charge is 2.10. The average molecular weight is 281 g/mol. The molecule has 16 heavy (non-hydrogen) atoms. The first-order chi connectivity index (χ1) is 7.72. The number of hydrogen-bond donors (Lipinski definition) is 1. The third-order valence-electron chi connectivity index (χ3n) is 2.41. The van der Waals surface area contributed by atoms with Crippen molar-refractivity contribution in [3.05, 3.63) is 40.2 Å². The Bertz CT molecular complexity index is 494. The van der Waals surface area contributed by atoms with Crippen molar-refractivity contribution in [2.24, 2.45) is 0 Å². The topological polar surface area (TPSA) is 38.1 Å². The van der Waals surface area contributed by atoms with Gasteiger partial charge in [0, 0.05) is 16.6 Å². The fraction of sp³-hybridized carbons (Fsp3) is 0.250. The van der Waals surface area contributed by atoms with Gasteiger partial charge < -0.3 is 9.73 Å². The summed E-state index contributed by atoms with van der Waals surface area (Å²) in [7, 11) is 1.89. The number of rotatable bonds is 3. The highest BCUT2D eigenvalue weighted by atomic mass is 79.9. The summed E-state index contributed by atoms with van der Waals surface area (Å²) in [5.41, 5.74) is 3.08. The van der Waals surface area contributed by atoms with Crippen molar-refractivity contribution in [1.29, 1.82) is 0 Å². The van der Waals surface area contributed by atoms with Gasteiger partial charge in [-0.15, -0.1) is 0 Å². The zero-order chi connectivity index (χ0) is 11.5. The van der Waals surface area contributed by atoms with Crippen LogP contribution in [0.3, 0.4) is 0 Å². The summed E-state index contributed by atoms with van der Waals surface area (Å²) < 4.78 is 6.54. The molecule has 0 fully saturated rings. The Morgan fingerprint density at radius 3 is 3.00 bits per heavy atom. The number of halogens is 1. The van der Waals surface area contributed by atoms with E-state index in [-0.39, 0.29) is 0 Å². The second-order valence-electron chi connectivity index (χ2n) is 3.59. The molecule has 0 aliphatic heterocycles. The Morgan fingerprint density at radius 2 is 2.25 bits per heavy atom. The van der Waals surface area contributed by atoms with Crippen LogP contribution in [-0.2, 0) is 6.54 Å². The van der Waals surface area contributed by atoms with Gasteiger partial charge >= 0.3 is 0 Å². The summed E-state index contributed by atoms with van der Waals surface area (Å²) in [6.45, 7) is 2.76. The predicted molar refractivity (Wildman–Crippen MR) is 67.1 cm³/mol. The zero-order valence-corrected chi connectivity index (χ0v) is 10.8. The van der Waals surface area contributed by atoms with E-state index >= 15 is 0 Å². The molecule has 0 bridgehead atoms. The number of nitrogens with one attached hydrogen (secondary N) is 1. The summed E-state index contributed by atoms with van der Waals surface area (Å²) >= 11 is 3.50. The van der Waals surface area contributed by atoms with E-state index in [0.717, 1.165) is 27.8 Å². The molecule has 1 aromatic carbocycles. The van der Waals surface area contributed by atoms with Gasteiger partial charge in [0.2, 0.25) is 5.89 Å². The lowest BCUT2D eigenvalue weighted by Crippen LogP contribution is -2.04. The van der Waals surface area contributed by atoms with Gasteiger partial charge in [0.1, 0.15) is 6.26 Å².